The fourth-order valence-corrected chi connectivity index (χ4v) is 4.04. The van der Waals surface area contributed by atoms with Crippen molar-refractivity contribution >= 4 is 17.8 Å². The fraction of sp³-hybridized carbons (Fsp3) is 0.571. The Kier molecular flexibility index (Phi) is 8.68. The van der Waals surface area contributed by atoms with Crippen LogP contribution in [0.15, 0.2) is 23.0 Å². The topological polar surface area (TPSA) is 151 Å². The zero-order valence-electron chi connectivity index (χ0n) is 19.5. The number of halogens is 6. The SMILES string of the molecule is O=C(NC1CC1)c1nnc2n1CC1CN(Cc3ccoc3)CC1C2.O=C(O)C(F)(F)F.O=C(O)C(F)(F)F. The Morgan fingerprint density at radius 2 is 1.55 bits per heavy atom. The number of aromatic nitrogens is 3. The molecule has 0 aromatic carbocycles. The lowest BCUT2D eigenvalue weighted by molar-refractivity contribution is -0.193. The van der Waals surface area contributed by atoms with Gasteiger partial charge in [0, 0.05) is 44.2 Å². The van der Waals surface area contributed by atoms with Crippen molar-refractivity contribution in [3.05, 3.63) is 35.8 Å². The van der Waals surface area contributed by atoms with Crippen LogP contribution in [0, 0.1) is 11.8 Å². The molecule has 2 aromatic rings. The Hall–Kier alpha value is -3.63. The van der Waals surface area contributed by atoms with Crippen molar-refractivity contribution in [3.63, 3.8) is 0 Å². The van der Waals surface area contributed by atoms with Gasteiger partial charge in [-0.2, -0.15) is 26.3 Å². The number of carbonyl (C=O) groups excluding carboxylic acids is 1. The zero-order chi connectivity index (χ0) is 28.3. The first-order chi connectivity index (χ1) is 17.6. The second kappa shape index (κ2) is 11.4. The van der Waals surface area contributed by atoms with Gasteiger partial charge in [0.25, 0.3) is 5.91 Å². The maximum Gasteiger partial charge on any atom is 0.490 e. The number of fused-ring (bicyclic) bond motifs is 2. The molecule has 3 aliphatic rings. The van der Waals surface area contributed by atoms with Crippen molar-refractivity contribution in [2.75, 3.05) is 13.1 Å². The van der Waals surface area contributed by atoms with Crippen LogP contribution in [-0.4, -0.2) is 79.2 Å². The average molecular weight is 555 g/mol. The summed E-state index contributed by atoms with van der Waals surface area (Å²) >= 11 is 0. The second-order valence-corrected chi connectivity index (χ2v) is 8.95. The van der Waals surface area contributed by atoms with Crippen LogP contribution in [0.1, 0.15) is 34.8 Å². The van der Waals surface area contributed by atoms with Crippen LogP contribution >= 0.6 is 0 Å². The number of amides is 1. The molecule has 1 saturated carbocycles. The minimum Gasteiger partial charge on any atom is -0.475 e. The summed E-state index contributed by atoms with van der Waals surface area (Å²) in [6.45, 7) is 3.91. The molecule has 2 fully saturated rings. The van der Waals surface area contributed by atoms with E-state index in [4.69, 9.17) is 24.2 Å². The summed E-state index contributed by atoms with van der Waals surface area (Å²) in [7, 11) is 0. The van der Waals surface area contributed by atoms with Crippen molar-refractivity contribution in [1.29, 1.82) is 0 Å². The Bertz CT molecular complexity index is 1100. The number of rotatable bonds is 4. The summed E-state index contributed by atoms with van der Waals surface area (Å²) in [4.78, 5) is 32.6. The highest BCUT2D eigenvalue weighted by Crippen LogP contribution is 2.33. The van der Waals surface area contributed by atoms with Gasteiger partial charge in [0.2, 0.25) is 5.82 Å². The number of likely N-dealkylation sites (tertiary alicyclic amines) is 1. The van der Waals surface area contributed by atoms with Gasteiger partial charge in [-0.3, -0.25) is 9.69 Å². The van der Waals surface area contributed by atoms with Crippen LogP contribution in [0.25, 0.3) is 0 Å². The molecule has 2 aliphatic heterocycles. The second-order valence-electron chi connectivity index (χ2n) is 8.95. The highest BCUT2D eigenvalue weighted by Gasteiger charge is 2.40. The van der Waals surface area contributed by atoms with Gasteiger partial charge in [-0.05, 0) is 30.7 Å². The van der Waals surface area contributed by atoms with Crippen LogP contribution in [0.3, 0.4) is 0 Å². The van der Waals surface area contributed by atoms with Crippen LogP contribution in [0.4, 0.5) is 26.3 Å². The number of nitrogens with one attached hydrogen (secondary N) is 1. The van der Waals surface area contributed by atoms with Gasteiger partial charge in [0.1, 0.15) is 5.82 Å². The maximum atomic E-state index is 12.3. The molecular formula is C21H23F6N5O6. The molecule has 0 radical (unpaired) electrons. The number of furan rings is 1. The summed E-state index contributed by atoms with van der Waals surface area (Å²) in [5.74, 6) is -2.96. The van der Waals surface area contributed by atoms with Gasteiger partial charge < -0.3 is 24.5 Å². The van der Waals surface area contributed by atoms with Gasteiger partial charge in [0.15, 0.2) is 0 Å². The number of carboxylic acids is 2. The third-order valence-electron chi connectivity index (χ3n) is 5.93. The Morgan fingerprint density at radius 1 is 0.974 bits per heavy atom. The molecule has 17 heteroatoms. The molecule has 2 unspecified atom stereocenters. The molecule has 11 nitrogen and oxygen atoms in total. The van der Waals surface area contributed by atoms with Gasteiger partial charge in [0.05, 0.1) is 12.5 Å². The summed E-state index contributed by atoms with van der Waals surface area (Å²) < 4.78 is 70.7. The van der Waals surface area contributed by atoms with E-state index in [1.165, 1.54) is 5.56 Å². The van der Waals surface area contributed by atoms with Gasteiger partial charge in [-0.25, -0.2) is 9.59 Å². The van der Waals surface area contributed by atoms with Crippen molar-refractivity contribution in [1.82, 2.24) is 25.0 Å². The highest BCUT2D eigenvalue weighted by atomic mass is 19.4. The van der Waals surface area contributed by atoms with Crippen LogP contribution < -0.4 is 5.32 Å². The molecule has 0 spiro atoms. The van der Waals surface area contributed by atoms with E-state index in [1.807, 2.05) is 16.9 Å². The first-order valence-electron chi connectivity index (χ1n) is 11.2. The number of carboxylic acid groups (broad SMARTS) is 2. The van der Waals surface area contributed by atoms with Crippen molar-refractivity contribution in [2.24, 2.45) is 11.8 Å². The summed E-state index contributed by atoms with van der Waals surface area (Å²) in [5, 5.41) is 25.7. The molecule has 1 saturated heterocycles. The Labute approximate surface area is 210 Å². The number of carbonyl (C=O) groups is 3. The van der Waals surface area contributed by atoms with Gasteiger partial charge >= 0.3 is 24.3 Å². The standard InChI is InChI=1S/C17H21N5O2.2C2HF3O2/c23-17(18-14-1-2-14)16-20-19-15-5-12-7-21(6-11-3-4-24-10-11)8-13(12)9-22(15)16;2*3-2(4,5)1(6)7/h3-4,10,12-14H,1-2,5-9H2,(H,18,23);2*(H,6,7). The lowest BCUT2D eigenvalue weighted by atomic mass is 9.89. The normalized spacial score (nSPS) is 20.7. The van der Waals surface area contributed by atoms with Crippen molar-refractivity contribution < 1.29 is 55.4 Å². The van der Waals surface area contributed by atoms with E-state index in [2.05, 4.69) is 20.4 Å². The lowest BCUT2D eigenvalue weighted by Gasteiger charge is -2.25. The van der Waals surface area contributed by atoms with Crippen molar-refractivity contribution in [3.8, 4) is 0 Å². The third kappa shape index (κ3) is 7.93. The molecule has 5 rings (SSSR count). The molecule has 210 valence electrons. The van der Waals surface area contributed by atoms with Crippen LogP contribution in [0.2, 0.25) is 0 Å². The van der Waals surface area contributed by atoms with Crippen LogP contribution in [0.5, 0.6) is 0 Å². The smallest absolute Gasteiger partial charge is 0.475 e. The number of alkyl halides is 6. The largest absolute Gasteiger partial charge is 0.490 e. The molecule has 1 aliphatic carbocycles. The number of hydrogen-bond donors (Lipinski definition) is 3. The van der Waals surface area contributed by atoms with E-state index in [1.54, 1.807) is 6.26 Å². The molecule has 38 heavy (non-hydrogen) atoms. The third-order valence-corrected chi connectivity index (χ3v) is 5.93. The predicted molar refractivity (Wildman–Crippen MR) is 113 cm³/mol. The predicted octanol–water partition coefficient (Wildman–Crippen LogP) is 2.33. The summed E-state index contributed by atoms with van der Waals surface area (Å²) in [5.41, 5.74) is 1.22. The summed E-state index contributed by atoms with van der Waals surface area (Å²) in [6, 6.07) is 2.37. The number of aliphatic carboxylic acids is 2. The molecule has 2 aromatic heterocycles. The number of nitrogens with zero attached hydrogens (tertiary/aromatic N) is 4. The van der Waals surface area contributed by atoms with E-state index in [9.17, 15) is 31.1 Å². The highest BCUT2D eigenvalue weighted by molar-refractivity contribution is 5.91. The monoisotopic (exact) mass is 555 g/mol. The molecule has 3 N–H and O–H groups in total. The quantitative estimate of drug-likeness (QED) is 0.483. The maximum absolute atomic E-state index is 12.3. The minimum absolute atomic E-state index is 0.0667. The van der Waals surface area contributed by atoms with Gasteiger partial charge in [-0.1, -0.05) is 0 Å². The molecule has 1 amide bonds. The lowest BCUT2D eigenvalue weighted by Crippen LogP contribution is -2.33. The first-order valence-corrected chi connectivity index (χ1v) is 11.2. The zero-order valence-corrected chi connectivity index (χ0v) is 19.5. The Morgan fingerprint density at radius 3 is 2.05 bits per heavy atom. The average Bonchev–Trinajstić information content (AvgIpc) is 3.18. The van der Waals surface area contributed by atoms with E-state index < -0.39 is 24.3 Å². The van der Waals surface area contributed by atoms with E-state index >= 15 is 0 Å². The molecule has 4 heterocycles. The molecule has 2 atom stereocenters. The Balaban J connectivity index is 0.000000239. The fourth-order valence-electron chi connectivity index (χ4n) is 4.04. The van der Waals surface area contributed by atoms with E-state index in [0.717, 1.165) is 51.3 Å². The minimum atomic E-state index is -5.08. The molecular weight excluding hydrogens is 532 g/mol. The van der Waals surface area contributed by atoms with E-state index in [0.29, 0.717) is 23.7 Å². The molecule has 0 bridgehead atoms. The van der Waals surface area contributed by atoms with Crippen LogP contribution in [-0.2, 0) is 29.1 Å². The summed E-state index contributed by atoms with van der Waals surface area (Å²) in [6.07, 6.45) is -3.54. The first kappa shape index (κ1) is 28.9. The van der Waals surface area contributed by atoms with Gasteiger partial charge in [-0.15, -0.1) is 10.2 Å². The van der Waals surface area contributed by atoms with E-state index in [-0.39, 0.29) is 5.91 Å². The number of hydrogen-bond acceptors (Lipinski definition) is 7. The van der Waals surface area contributed by atoms with Crippen molar-refractivity contribution in [2.45, 2.75) is 50.7 Å².